The lowest BCUT2D eigenvalue weighted by molar-refractivity contribution is 0.262. The lowest BCUT2D eigenvalue weighted by Crippen LogP contribution is -2.20. The van der Waals surface area contributed by atoms with E-state index in [1.165, 1.54) is 0 Å². The van der Waals surface area contributed by atoms with Gasteiger partial charge in [-0.3, -0.25) is 5.32 Å². The molecule has 2 aromatic rings. The second kappa shape index (κ2) is 6.43. The summed E-state index contributed by atoms with van der Waals surface area (Å²) in [7, 11) is 0. The van der Waals surface area contributed by atoms with Gasteiger partial charge < -0.3 is 5.32 Å². The number of anilines is 2. The SMILES string of the molecule is Cc1nc(NC(=O)Nc2ccc(Cl)c(Cl)c2)ccc1Br. The average molecular weight is 375 g/mol. The van der Waals surface area contributed by atoms with Crippen molar-refractivity contribution < 1.29 is 4.79 Å². The summed E-state index contributed by atoms with van der Waals surface area (Å²) in [5.74, 6) is 0.461. The summed E-state index contributed by atoms with van der Waals surface area (Å²) in [5, 5.41) is 6.09. The van der Waals surface area contributed by atoms with Crippen molar-refractivity contribution in [3.05, 3.63) is 50.5 Å². The number of urea groups is 1. The number of aromatic nitrogens is 1. The van der Waals surface area contributed by atoms with Crippen LogP contribution in [-0.2, 0) is 0 Å². The first-order valence-electron chi connectivity index (χ1n) is 5.62. The standard InChI is InChI=1S/C13H10BrCl2N3O/c1-7-9(14)3-5-12(17-7)19-13(20)18-8-2-4-10(15)11(16)6-8/h2-6H,1H3,(H2,17,18,19,20). The normalized spacial score (nSPS) is 10.2. The van der Waals surface area contributed by atoms with Crippen LogP contribution < -0.4 is 10.6 Å². The van der Waals surface area contributed by atoms with Crippen LogP contribution in [0.25, 0.3) is 0 Å². The van der Waals surface area contributed by atoms with Crippen molar-refractivity contribution in [2.75, 3.05) is 10.6 Å². The molecule has 0 aliphatic carbocycles. The van der Waals surface area contributed by atoms with Crippen LogP contribution in [0.2, 0.25) is 10.0 Å². The molecule has 0 bridgehead atoms. The van der Waals surface area contributed by atoms with E-state index in [2.05, 4.69) is 31.5 Å². The number of hydrogen-bond donors (Lipinski definition) is 2. The summed E-state index contributed by atoms with van der Waals surface area (Å²) in [5.41, 5.74) is 1.34. The van der Waals surface area contributed by atoms with Gasteiger partial charge in [0.2, 0.25) is 0 Å². The van der Waals surface area contributed by atoms with Gasteiger partial charge in [0.1, 0.15) is 5.82 Å². The van der Waals surface area contributed by atoms with Gasteiger partial charge in [-0.05, 0) is 53.2 Å². The topological polar surface area (TPSA) is 54.0 Å². The highest BCUT2D eigenvalue weighted by Gasteiger charge is 2.06. The van der Waals surface area contributed by atoms with Crippen LogP contribution in [0.1, 0.15) is 5.69 Å². The highest BCUT2D eigenvalue weighted by molar-refractivity contribution is 9.10. The molecule has 0 unspecified atom stereocenters. The van der Waals surface area contributed by atoms with E-state index in [0.717, 1.165) is 10.2 Å². The van der Waals surface area contributed by atoms with Gasteiger partial charge in [-0.2, -0.15) is 0 Å². The molecule has 1 heterocycles. The van der Waals surface area contributed by atoms with E-state index in [9.17, 15) is 4.79 Å². The van der Waals surface area contributed by atoms with Crippen molar-refractivity contribution in [3.63, 3.8) is 0 Å². The van der Waals surface area contributed by atoms with Crippen LogP contribution in [0.5, 0.6) is 0 Å². The molecule has 4 nitrogen and oxygen atoms in total. The number of benzene rings is 1. The Morgan fingerprint density at radius 2 is 1.90 bits per heavy atom. The minimum atomic E-state index is -0.405. The zero-order valence-corrected chi connectivity index (χ0v) is 13.5. The maximum absolute atomic E-state index is 11.8. The molecule has 104 valence electrons. The van der Waals surface area contributed by atoms with Crippen LogP contribution in [0.4, 0.5) is 16.3 Å². The van der Waals surface area contributed by atoms with Crippen molar-refractivity contribution in [3.8, 4) is 0 Å². The second-order valence-corrected chi connectivity index (χ2v) is 5.64. The van der Waals surface area contributed by atoms with Gasteiger partial charge >= 0.3 is 6.03 Å². The van der Waals surface area contributed by atoms with E-state index in [1.807, 2.05) is 13.0 Å². The molecule has 0 aliphatic rings. The number of amides is 2. The molecular weight excluding hydrogens is 365 g/mol. The Balaban J connectivity index is 2.04. The third kappa shape index (κ3) is 3.85. The number of pyridine rings is 1. The molecule has 0 spiro atoms. The van der Waals surface area contributed by atoms with Crippen LogP contribution in [0.15, 0.2) is 34.8 Å². The third-order valence-electron chi connectivity index (χ3n) is 2.44. The van der Waals surface area contributed by atoms with E-state index in [1.54, 1.807) is 24.3 Å². The molecule has 2 rings (SSSR count). The minimum absolute atomic E-state index is 0.377. The fraction of sp³-hybridized carbons (Fsp3) is 0.0769. The molecule has 1 aromatic carbocycles. The van der Waals surface area contributed by atoms with E-state index in [-0.39, 0.29) is 0 Å². The number of nitrogens with zero attached hydrogens (tertiary/aromatic N) is 1. The highest BCUT2D eigenvalue weighted by atomic mass is 79.9. The predicted molar refractivity (Wildman–Crippen MR) is 85.8 cm³/mol. The first-order chi connectivity index (χ1) is 9.45. The van der Waals surface area contributed by atoms with Crippen molar-refractivity contribution in [2.24, 2.45) is 0 Å². The minimum Gasteiger partial charge on any atom is -0.308 e. The molecule has 1 aromatic heterocycles. The molecule has 2 N–H and O–H groups in total. The molecule has 20 heavy (non-hydrogen) atoms. The Kier molecular flexibility index (Phi) is 4.86. The molecule has 0 radical (unpaired) electrons. The Bertz CT molecular complexity index is 609. The molecule has 0 aliphatic heterocycles. The third-order valence-corrected chi connectivity index (χ3v) is 4.02. The molecular formula is C13H10BrCl2N3O. The van der Waals surface area contributed by atoms with Gasteiger partial charge in [-0.15, -0.1) is 0 Å². The first kappa shape index (κ1) is 15.1. The summed E-state index contributed by atoms with van der Waals surface area (Å²) < 4.78 is 0.882. The molecule has 0 fully saturated rings. The second-order valence-electron chi connectivity index (χ2n) is 3.97. The Labute approximate surface area is 134 Å². The fourth-order valence-electron chi connectivity index (χ4n) is 1.47. The molecule has 0 saturated carbocycles. The Morgan fingerprint density at radius 1 is 1.15 bits per heavy atom. The van der Waals surface area contributed by atoms with Gasteiger partial charge in [0.25, 0.3) is 0 Å². The van der Waals surface area contributed by atoms with Crippen LogP contribution in [-0.4, -0.2) is 11.0 Å². The van der Waals surface area contributed by atoms with E-state index in [0.29, 0.717) is 21.6 Å². The van der Waals surface area contributed by atoms with E-state index in [4.69, 9.17) is 23.2 Å². The lowest BCUT2D eigenvalue weighted by atomic mass is 10.3. The van der Waals surface area contributed by atoms with Gasteiger partial charge in [-0.25, -0.2) is 9.78 Å². The van der Waals surface area contributed by atoms with Crippen LogP contribution in [0.3, 0.4) is 0 Å². The summed E-state index contributed by atoms with van der Waals surface area (Å²) in [6, 6.07) is 7.96. The largest absolute Gasteiger partial charge is 0.324 e. The number of rotatable bonds is 2. The maximum Gasteiger partial charge on any atom is 0.324 e. The van der Waals surface area contributed by atoms with E-state index < -0.39 is 6.03 Å². The van der Waals surface area contributed by atoms with Gasteiger partial charge in [0, 0.05) is 10.2 Å². The van der Waals surface area contributed by atoms with Crippen molar-refractivity contribution in [1.82, 2.24) is 4.98 Å². The fourth-order valence-corrected chi connectivity index (χ4v) is 1.99. The monoisotopic (exact) mass is 373 g/mol. The number of hydrogen-bond acceptors (Lipinski definition) is 2. The van der Waals surface area contributed by atoms with Crippen LogP contribution in [0, 0.1) is 6.92 Å². The van der Waals surface area contributed by atoms with Crippen molar-refractivity contribution >= 4 is 56.7 Å². The average Bonchev–Trinajstić information content (AvgIpc) is 2.38. The first-order valence-corrected chi connectivity index (χ1v) is 7.17. The summed E-state index contributed by atoms with van der Waals surface area (Å²) in [6.07, 6.45) is 0. The predicted octanol–water partition coefficient (Wildman–Crippen LogP) is 5.10. The summed E-state index contributed by atoms with van der Waals surface area (Å²) >= 11 is 15.0. The zero-order valence-electron chi connectivity index (χ0n) is 10.4. The van der Waals surface area contributed by atoms with Gasteiger partial charge in [0.15, 0.2) is 0 Å². The number of carbonyl (C=O) groups excluding carboxylic acids is 1. The Hall–Kier alpha value is -1.30. The van der Waals surface area contributed by atoms with Gasteiger partial charge in [0.05, 0.1) is 15.7 Å². The Morgan fingerprint density at radius 3 is 2.55 bits per heavy atom. The number of aryl methyl sites for hydroxylation is 1. The molecule has 0 atom stereocenters. The maximum atomic E-state index is 11.8. The van der Waals surface area contributed by atoms with E-state index >= 15 is 0 Å². The quantitative estimate of drug-likeness (QED) is 0.767. The molecule has 0 saturated heterocycles. The summed E-state index contributed by atoms with van der Waals surface area (Å²) in [4.78, 5) is 16.0. The lowest BCUT2D eigenvalue weighted by Gasteiger charge is -2.08. The molecule has 7 heteroatoms. The number of carbonyl (C=O) groups is 1. The van der Waals surface area contributed by atoms with Gasteiger partial charge in [-0.1, -0.05) is 23.2 Å². The van der Waals surface area contributed by atoms with Crippen molar-refractivity contribution in [1.29, 1.82) is 0 Å². The highest BCUT2D eigenvalue weighted by Crippen LogP contribution is 2.25. The summed E-state index contributed by atoms with van der Waals surface area (Å²) in [6.45, 7) is 1.84. The number of halogens is 3. The number of nitrogens with one attached hydrogen (secondary N) is 2. The van der Waals surface area contributed by atoms with Crippen molar-refractivity contribution in [2.45, 2.75) is 6.92 Å². The smallest absolute Gasteiger partial charge is 0.308 e. The zero-order chi connectivity index (χ0) is 14.7. The van der Waals surface area contributed by atoms with Crippen LogP contribution >= 0.6 is 39.1 Å². The molecule has 2 amide bonds.